The molecule has 4 heteroatoms. The van der Waals surface area contributed by atoms with Crippen molar-refractivity contribution >= 4 is 17.5 Å². The normalized spacial score (nSPS) is 11.4. The van der Waals surface area contributed by atoms with Gasteiger partial charge in [-0.05, 0) is 36.8 Å². The van der Waals surface area contributed by atoms with Gasteiger partial charge in [0.05, 0.1) is 5.56 Å². The van der Waals surface area contributed by atoms with Crippen LogP contribution in [-0.2, 0) is 0 Å². The molecule has 0 fully saturated rings. The third-order valence-corrected chi connectivity index (χ3v) is 3.42. The first kappa shape index (κ1) is 16.0. The van der Waals surface area contributed by atoms with Gasteiger partial charge in [0.25, 0.3) is 5.91 Å². The van der Waals surface area contributed by atoms with Gasteiger partial charge >= 0.3 is 0 Å². The minimum Gasteiger partial charge on any atom is -0.351 e. The van der Waals surface area contributed by atoms with E-state index in [0.717, 1.165) is 12.8 Å². The lowest BCUT2D eigenvalue weighted by atomic mass is 9.88. The van der Waals surface area contributed by atoms with E-state index in [4.69, 9.17) is 11.6 Å². The summed E-state index contributed by atoms with van der Waals surface area (Å²) in [4.78, 5) is 12.0. The monoisotopic (exact) mass is 285 g/mol. The molecule has 0 bridgehead atoms. The van der Waals surface area contributed by atoms with Crippen molar-refractivity contribution in [2.24, 2.45) is 5.41 Å². The maximum atomic E-state index is 13.8. The molecule has 0 radical (unpaired) electrons. The van der Waals surface area contributed by atoms with Gasteiger partial charge < -0.3 is 5.32 Å². The molecule has 106 valence electrons. The first-order valence-electron chi connectivity index (χ1n) is 6.47. The number of hydrogen-bond acceptors (Lipinski definition) is 1. The average Bonchev–Trinajstić information content (AvgIpc) is 2.37. The number of aryl methyl sites for hydroxylation is 1. The Hall–Kier alpha value is -1.09. The molecule has 0 saturated heterocycles. The first-order chi connectivity index (χ1) is 8.87. The van der Waals surface area contributed by atoms with Crippen LogP contribution in [0.4, 0.5) is 4.39 Å². The largest absolute Gasteiger partial charge is 0.351 e. The number of hydrogen-bond donors (Lipinski definition) is 1. The van der Waals surface area contributed by atoms with Gasteiger partial charge in [-0.1, -0.05) is 26.0 Å². The Morgan fingerprint density at radius 1 is 1.42 bits per heavy atom. The zero-order chi connectivity index (χ0) is 14.5. The molecule has 0 spiro atoms. The Morgan fingerprint density at radius 3 is 2.74 bits per heavy atom. The second-order valence-electron chi connectivity index (χ2n) is 5.58. The van der Waals surface area contributed by atoms with Gasteiger partial charge in [-0.25, -0.2) is 4.39 Å². The number of amides is 1. The summed E-state index contributed by atoms with van der Waals surface area (Å²) in [6.45, 7) is 6.28. The minimum absolute atomic E-state index is 0.0369. The lowest BCUT2D eigenvalue weighted by molar-refractivity contribution is 0.0930. The average molecular weight is 286 g/mol. The summed E-state index contributed by atoms with van der Waals surface area (Å²) >= 11 is 5.67. The highest BCUT2D eigenvalue weighted by Crippen LogP contribution is 2.21. The quantitative estimate of drug-likeness (QED) is 0.789. The third-order valence-electron chi connectivity index (χ3n) is 3.15. The maximum absolute atomic E-state index is 13.8. The fraction of sp³-hybridized carbons (Fsp3) is 0.533. The maximum Gasteiger partial charge on any atom is 0.254 e. The van der Waals surface area contributed by atoms with E-state index in [-0.39, 0.29) is 16.9 Å². The molecule has 0 saturated carbocycles. The van der Waals surface area contributed by atoms with Gasteiger partial charge in [0.15, 0.2) is 0 Å². The Labute approximate surface area is 119 Å². The van der Waals surface area contributed by atoms with Crippen LogP contribution in [-0.4, -0.2) is 18.3 Å². The molecule has 1 aromatic rings. The number of carbonyl (C=O) groups is 1. The van der Waals surface area contributed by atoms with E-state index in [1.807, 2.05) is 0 Å². The Balaban J connectivity index is 2.63. The molecular weight excluding hydrogens is 265 g/mol. The van der Waals surface area contributed by atoms with Gasteiger partial charge in [-0.3, -0.25) is 4.79 Å². The minimum atomic E-state index is -0.446. The SMILES string of the molecule is Cc1cccc(C(=O)NCC(C)(C)CCCCl)c1F. The molecule has 0 unspecified atom stereocenters. The van der Waals surface area contributed by atoms with Crippen LogP contribution >= 0.6 is 11.6 Å². The van der Waals surface area contributed by atoms with Crippen molar-refractivity contribution < 1.29 is 9.18 Å². The summed E-state index contributed by atoms with van der Waals surface area (Å²) in [5, 5.41) is 2.79. The number of benzene rings is 1. The van der Waals surface area contributed by atoms with Crippen molar-refractivity contribution in [2.75, 3.05) is 12.4 Å². The van der Waals surface area contributed by atoms with Crippen LogP contribution in [0.3, 0.4) is 0 Å². The second kappa shape index (κ2) is 6.90. The lowest BCUT2D eigenvalue weighted by Crippen LogP contribution is -2.34. The summed E-state index contributed by atoms with van der Waals surface area (Å²) in [5.41, 5.74) is 0.549. The molecule has 2 nitrogen and oxygen atoms in total. The number of carbonyl (C=O) groups excluding carboxylic acids is 1. The van der Waals surface area contributed by atoms with Gasteiger partial charge in [0.1, 0.15) is 5.82 Å². The number of halogens is 2. The number of nitrogens with one attached hydrogen (secondary N) is 1. The van der Waals surface area contributed by atoms with Crippen molar-refractivity contribution in [3.05, 3.63) is 35.1 Å². The summed E-state index contributed by atoms with van der Waals surface area (Å²) in [6.07, 6.45) is 1.83. The molecule has 1 N–H and O–H groups in total. The van der Waals surface area contributed by atoms with Gasteiger partial charge in [-0.15, -0.1) is 11.6 Å². The number of alkyl halides is 1. The predicted octanol–water partition coefficient (Wildman–Crippen LogP) is 3.91. The van der Waals surface area contributed by atoms with Gasteiger partial charge in [0, 0.05) is 12.4 Å². The molecule has 0 atom stereocenters. The van der Waals surface area contributed by atoms with E-state index in [1.54, 1.807) is 19.1 Å². The van der Waals surface area contributed by atoms with E-state index in [9.17, 15) is 9.18 Å². The second-order valence-corrected chi connectivity index (χ2v) is 5.95. The van der Waals surface area contributed by atoms with Crippen LogP contribution in [0.2, 0.25) is 0 Å². The summed E-state index contributed by atoms with van der Waals surface area (Å²) in [6, 6.07) is 4.84. The Kier molecular flexibility index (Phi) is 5.80. The highest BCUT2D eigenvalue weighted by Gasteiger charge is 2.20. The zero-order valence-corrected chi connectivity index (χ0v) is 12.5. The van der Waals surface area contributed by atoms with Gasteiger partial charge in [0.2, 0.25) is 0 Å². The summed E-state index contributed by atoms with van der Waals surface area (Å²) in [7, 11) is 0. The molecule has 19 heavy (non-hydrogen) atoms. The molecule has 0 aromatic heterocycles. The zero-order valence-electron chi connectivity index (χ0n) is 11.7. The summed E-state index contributed by atoms with van der Waals surface area (Å²) < 4.78 is 13.8. The van der Waals surface area contributed by atoms with Crippen molar-refractivity contribution in [2.45, 2.75) is 33.6 Å². The molecule has 1 aromatic carbocycles. The first-order valence-corrected chi connectivity index (χ1v) is 7.00. The Bertz CT molecular complexity index is 446. The lowest BCUT2D eigenvalue weighted by Gasteiger charge is -2.24. The fourth-order valence-electron chi connectivity index (χ4n) is 1.87. The highest BCUT2D eigenvalue weighted by molar-refractivity contribution is 6.17. The predicted molar refractivity (Wildman–Crippen MR) is 77.2 cm³/mol. The molecule has 0 aliphatic rings. The van der Waals surface area contributed by atoms with E-state index in [0.29, 0.717) is 18.0 Å². The van der Waals surface area contributed by atoms with Crippen LogP contribution in [0, 0.1) is 18.2 Å². The highest BCUT2D eigenvalue weighted by atomic mass is 35.5. The fourth-order valence-corrected chi connectivity index (χ4v) is 2.00. The third kappa shape index (κ3) is 4.83. The van der Waals surface area contributed by atoms with E-state index in [2.05, 4.69) is 19.2 Å². The van der Waals surface area contributed by atoms with Crippen LogP contribution in [0.5, 0.6) is 0 Å². The molecule has 1 amide bonds. The smallest absolute Gasteiger partial charge is 0.254 e. The van der Waals surface area contributed by atoms with Crippen LogP contribution in [0.1, 0.15) is 42.6 Å². The molecule has 0 heterocycles. The summed E-state index contributed by atoms with van der Waals surface area (Å²) in [5.74, 6) is -0.192. The molecule has 0 aliphatic carbocycles. The topological polar surface area (TPSA) is 29.1 Å². The van der Waals surface area contributed by atoms with Crippen LogP contribution < -0.4 is 5.32 Å². The van der Waals surface area contributed by atoms with E-state index >= 15 is 0 Å². The Morgan fingerprint density at radius 2 is 2.11 bits per heavy atom. The van der Waals surface area contributed by atoms with E-state index in [1.165, 1.54) is 6.07 Å². The van der Waals surface area contributed by atoms with Crippen LogP contribution in [0.15, 0.2) is 18.2 Å². The molecule has 1 rings (SSSR count). The standard InChI is InChI=1S/C15H21ClFNO/c1-11-6-4-7-12(13(11)17)14(19)18-10-15(2,3)8-5-9-16/h4,6-7H,5,8-10H2,1-3H3,(H,18,19). The van der Waals surface area contributed by atoms with Crippen molar-refractivity contribution in [3.63, 3.8) is 0 Å². The molecule has 0 aliphatic heterocycles. The molecular formula is C15H21ClFNO. The van der Waals surface area contributed by atoms with Crippen molar-refractivity contribution in [3.8, 4) is 0 Å². The van der Waals surface area contributed by atoms with Crippen molar-refractivity contribution in [1.29, 1.82) is 0 Å². The number of rotatable bonds is 6. The van der Waals surface area contributed by atoms with Crippen LogP contribution in [0.25, 0.3) is 0 Å². The van der Waals surface area contributed by atoms with E-state index < -0.39 is 5.82 Å². The van der Waals surface area contributed by atoms with Crippen molar-refractivity contribution in [1.82, 2.24) is 5.32 Å². The van der Waals surface area contributed by atoms with Gasteiger partial charge in [-0.2, -0.15) is 0 Å².